The van der Waals surface area contributed by atoms with Crippen molar-refractivity contribution in [2.45, 2.75) is 68.9 Å². The maximum Gasteiger partial charge on any atom is 0.330 e. The van der Waals surface area contributed by atoms with Gasteiger partial charge in [0.05, 0.1) is 6.10 Å². The number of benzene rings is 3. The Morgan fingerprint density at radius 3 is 1.91 bits per heavy atom. The van der Waals surface area contributed by atoms with E-state index in [4.69, 9.17) is 14.2 Å². The highest BCUT2D eigenvalue weighted by Gasteiger charge is 2.45. The number of carbonyl (C=O) groups excluding carboxylic acids is 2. The molecule has 1 heterocycles. The van der Waals surface area contributed by atoms with E-state index < -0.39 is 49.4 Å². The Bertz CT molecular complexity index is 1400. The zero-order valence-corrected chi connectivity index (χ0v) is 24.5. The molecule has 0 unspecified atom stereocenters. The molecule has 6 N–H and O–H groups in total. The molecule has 11 heteroatoms. The van der Waals surface area contributed by atoms with E-state index in [-0.39, 0.29) is 35.9 Å². The molecule has 45 heavy (non-hydrogen) atoms. The maximum atomic E-state index is 13.0. The largest absolute Gasteiger partial charge is 0.508 e. The van der Waals surface area contributed by atoms with E-state index in [1.807, 2.05) is 0 Å². The van der Waals surface area contributed by atoms with Crippen molar-refractivity contribution >= 4 is 17.8 Å². The Hall–Kier alpha value is -4.26. The van der Waals surface area contributed by atoms with Crippen molar-refractivity contribution in [3.63, 3.8) is 0 Å². The average Bonchev–Trinajstić information content (AvgIpc) is 3.03. The molecule has 0 amide bonds. The number of esters is 1. The Balaban J connectivity index is 1.38. The summed E-state index contributed by atoms with van der Waals surface area (Å²) in [5.41, 5.74) is 2.39. The average molecular weight is 623 g/mol. The predicted molar refractivity (Wildman–Crippen MR) is 162 cm³/mol. The summed E-state index contributed by atoms with van der Waals surface area (Å²) in [5, 5.41) is 60.2. The fourth-order valence-corrected chi connectivity index (χ4v) is 4.83. The molecule has 0 spiro atoms. The first-order valence-corrected chi connectivity index (χ1v) is 14.6. The molecule has 1 aliphatic rings. The van der Waals surface area contributed by atoms with Gasteiger partial charge < -0.3 is 44.8 Å². The van der Waals surface area contributed by atoms with Crippen molar-refractivity contribution < 1.29 is 54.4 Å². The number of hydrogen-bond donors (Lipinski definition) is 6. The molecule has 1 fully saturated rings. The van der Waals surface area contributed by atoms with E-state index in [1.54, 1.807) is 60.7 Å². The quantitative estimate of drug-likeness (QED) is 0.115. The minimum absolute atomic E-state index is 0.0247. The SMILES string of the molecule is O=C(CCc1ccc(O)cc1)C[C@H](CCc1ccc(O)cc1)O[C@@H]1O[C@H](COC(=O)/C=C/c2ccc(O)cc2)[C@@H](O)[C@H](O)[C@H]1O. The number of Topliss-reactive ketones (excluding diaryl/α,β-unsaturated/α-hetero) is 1. The fraction of sp³-hybridized carbons (Fsp3) is 0.353. The lowest BCUT2D eigenvalue weighted by Crippen LogP contribution is -2.60. The minimum Gasteiger partial charge on any atom is -0.508 e. The van der Waals surface area contributed by atoms with Gasteiger partial charge >= 0.3 is 5.97 Å². The second-order valence-electron chi connectivity index (χ2n) is 10.9. The third-order valence-electron chi connectivity index (χ3n) is 7.47. The highest BCUT2D eigenvalue weighted by molar-refractivity contribution is 5.87. The summed E-state index contributed by atoms with van der Waals surface area (Å²) in [6, 6.07) is 19.3. The molecule has 0 bridgehead atoms. The van der Waals surface area contributed by atoms with Crippen molar-refractivity contribution in [2.75, 3.05) is 6.61 Å². The third-order valence-corrected chi connectivity index (χ3v) is 7.47. The molecule has 0 radical (unpaired) electrons. The Kier molecular flexibility index (Phi) is 12.1. The molecule has 0 aliphatic carbocycles. The zero-order chi connectivity index (χ0) is 32.3. The molecule has 240 valence electrons. The number of aliphatic hydroxyl groups is 3. The number of hydrogen-bond acceptors (Lipinski definition) is 11. The number of carbonyl (C=O) groups is 2. The molecule has 3 aromatic carbocycles. The van der Waals surface area contributed by atoms with Crippen molar-refractivity contribution in [1.82, 2.24) is 0 Å². The van der Waals surface area contributed by atoms with Crippen LogP contribution in [0.1, 0.15) is 36.0 Å². The van der Waals surface area contributed by atoms with Crippen LogP contribution in [0.25, 0.3) is 6.08 Å². The minimum atomic E-state index is -1.68. The van der Waals surface area contributed by atoms with Crippen LogP contribution in [0.2, 0.25) is 0 Å². The number of ketones is 1. The second-order valence-corrected chi connectivity index (χ2v) is 10.9. The maximum absolute atomic E-state index is 13.0. The van der Waals surface area contributed by atoms with E-state index in [0.717, 1.165) is 17.2 Å². The molecular formula is C34H38O11. The molecule has 1 saturated heterocycles. The highest BCUT2D eigenvalue weighted by atomic mass is 16.7. The number of phenolic OH excluding ortho intramolecular Hbond substituents is 3. The number of ether oxygens (including phenoxy) is 3. The number of aromatic hydroxyl groups is 3. The van der Waals surface area contributed by atoms with E-state index in [2.05, 4.69) is 0 Å². The lowest BCUT2D eigenvalue weighted by atomic mass is 9.98. The lowest BCUT2D eigenvalue weighted by Gasteiger charge is -2.41. The molecule has 3 aromatic rings. The van der Waals surface area contributed by atoms with Gasteiger partial charge in [0.2, 0.25) is 0 Å². The fourth-order valence-electron chi connectivity index (χ4n) is 4.83. The molecule has 4 rings (SSSR count). The van der Waals surface area contributed by atoms with Crippen LogP contribution in [0, 0.1) is 0 Å². The summed E-state index contributed by atoms with van der Waals surface area (Å²) in [6.07, 6.45) is -4.26. The molecule has 11 nitrogen and oxygen atoms in total. The summed E-state index contributed by atoms with van der Waals surface area (Å²) >= 11 is 0. The van der Waals surface area contributed by atoms with Gasteiger partial charge in [-0.1, -0.05) is 36.4 Å². The van der Waals surface area contributed by atoms with Crippen LogP contribution >= 0.6 is 0 Å². The van der Waals surface area contributed by atoms with Crippen molar-refractivity contribution in [3.05, 3.63) is 95.6 Å². The summed E-state index contributed by atoms with van der Waals surface area (Å²) in [5.74, 6) is -0.537. The number of aryl methyl sites for hydroxylation is 2. The van der Waals surface area contributed by atoms with Crippen LogP contribution in [0.3, 0.4) is 0 Å². The predicted octanol–water partition coefficient (Wildman–Crippen LogP) is 2.78. The first kappa shape index (κ1) is 33.6. The van der Waals surface area contributed by atoms with Gasteiger partial charge in [-0.05, 0) is 78.4 Å². The molecule has 1 aliphatic heterocycles. The van der Waals surface area contributed by atoms with E-state index in [9.17, 15) is 40.2 Å². The van der Waals surface area contributed by atoms with E-state index >= 15 is 0 Å². The van der Waals surface area contributed by atoms with Crippen molar-refractivity contribution in [3.8, 4) is 17.2 Å². The Morgan fingerprint density at radius 2 is 1.31 bits per heavy atom. The highest BCUT2D eigenvalue weighted by Crippen LogP contribution is 2.26. The smallest absolute Gasteiger partial charge is 0.330 e. The van der Waals surface area contributed by atoms with Crippen LogP contribution < -0.4 is 0 Å². The first-order chi connectivity index (χ1) is 21.6. The molecule has 0 aromatic heterocycles. The third kappa shape index (κ3) is 10.4. The van der Waals surface area contributed by atoms with Gasteiger partial charge in [0.25, 0.3) is 0 Å². The summed E-state index contributed by atoms with van der Waals surface area (Å²) in [4.78, 5) is 25.3. The Morgan fingerprint density at radius 1 is 0.756 bits per heavy atom. The van der Waals surface area contributed by atoms with Gasteiger partial charge in [0.1, 0.15) is 54.1 Å². The van der Waals surface area contributed by atoms with Crippen LogP contribution in [-0.4, -0.2) is 85.8 Å². The monoisotopic (exact) mass is 622 g/mol. The van der Waals surface area contributed by atoms with Crippen LogP contribution in [0.15, 0.2) is 78.9 Å². The number of phenols is 3. The standard InChI is InChI=1S/C34H38O11/c35-24-10-1-21(2-11-24)7-16-27(38)19-28(17-8-22-3-12-25(36)13-4-22)44-34-33(42)32(41)31(40)29(45-34)20-43-30(39)18-9-23-5-14-26(37)15-6-23/h1-6,9-15,18,28-29,31-37,40-42H,7-8,16-17,19-20H2/b18-9+/t28-,29+,31+,32-,33+,34+/m0/s1. The van der Waals surface area contributed by atoms with Gasteiger partial charge in [-0.3, -0.25) is 4.79 Å². The summed E-state index contributed by atoms with van der Waals surface area (Å²) < 4.78 is 17.0. The number of aliphatic hydroxyl groups excluding tert-OH is 3. The van der Waals surface area contributed by atoms with Gasteiger partial charge in [-0.25, -0.2) is 4.79 Å². The molecule has 0 saturated carbocycles. The molecular weight excluding hydrogens is 584 g/mol. The van der Waals surface area contributed by atoms with E-state index in [0.29, 0.717) is 24.8 Å². The van der Waals surface area contributed by atoms with Gasteiger partial charge in [-0.15, -0.1) is 0 Å². The van der Waals surface area contributed by atoms with Crippen molar-refractivity contribution in [1.29, 1.82) is 0 Å². The van der Waals surface area contributed by atoms with Gasteiger partial charge in [0.15, 0.2) is 6.29 Å². The second kappa shape index (κ2) is 16.2. The topological polar surface area (TPSA) is 183 Å². The van der Waals surface area contributed by atoms with Crippen molar-refractivity contribution in [2.24, 2.45) is 0 Å². The zero-order valence-electron chi connectivity index (χ0n) is 24.5. The van der Waals surface area contributed by atoms with Crippen LogP contribution in [-0.2, 0) is 36.6 Å². The normalized spacial score (nSPS) is 22.2. The lowest BCUT2D eigenvalue weighted by molar-refractivity contribution is -0.311. The summed E-state index contributed by atoms with van der Waals surface area (Å²) in [6.45, 7) is -0.451. The van der Waals surface area contributed by atoms with Gasteiger partial charge in [0, 0.05) is 18.9 Å². The van der Waals surface area contributed by atoms with E-state index in [1.165, 1.54) is 18.2 Å². The van der Waals surface area contributed by atoms with Crippen LogP contribution in [0.5, 0.6) is 17.2 Å². The summed E-state index contributed by atoms with van der Waals surface area (Å²) in [7, 11) is 0. The van der Waals surface area contributed by atoms with Crippen LogP contribution in [0.4, 0.5) is 0 Å². The van der Waals surface area contributed by atoms with Gasteiger partial charge in [-0.2, -0.15) is 0 Å². The molecule has 6 atom stereocenters. The number of rotatable bonds is 14. The Labute approximate surface area is 260 Å². The first-order valence-electron chi connectivity index (χ1n) is 14.6.